The lowest BCUT2D eigenvalue weighted by molar-refractivity contribution is -0.699. The van der Waals surface area contributed by atoms with Crippen molar-refractivity contribution in [1.29, 1.82) is 0 Å². The summed E-state index contributed by atoms with van der Waals surface area (Å²) in [7, 11) is 2.14. The Kier molecular flexibility index (Phi) is 2.90. The van der Waals surface area contributed by atoms with Crippen molar-refractivity contribution in [3.63, 3.8) is 0 Å². The van der Waals surface area contributed by atoms with Crippen molar-refractivity contribution in [2.75, 3.05) is 7.05 Å². The summed E-state index contributed by atoms with van der Waals surface area (Å²) in [5.41, 5.74) is 0.855. The average Bonchev–Trinajstić information content (AvgIpc) is 1.60. The Labute approximate surface area is 65.2 Å². The predicted octanol–water partition coefficient (Wildman–Crippen LogP) is 1.39. The van der Waals surface area contributed by atoms with Crippen LogP contribution < -0.4 is 5.32 Å². The van der Waals surface area contributed by atoms with Crippen LogP contribution in [0.15, 0.2) is 0 Å². The van der Waals surface area contributed by atoms with Crippen LogP contribution in [0.2, 0.25) is 0 Å². The Hall–Kier alpha value is -0.0400. The normalized spacial score (nSPS) is 13.8. The van der Waals surface area contributed by atoms with E-state index >= 15 is 0 Å². The molecule has 2 N–H and O–H groups in total. The summed E-state index contributed by atoms with van der Waals surface area (Å²) >= 11 is 0. The van der Waals surface area contributed by atoms with Crippen LogP contribution in [0.4, 0.5) is 0 Å². The zero-order valence-corrected chi connectivity index (χ0v) is 8.28. The highest BCUT2D eigenvalue weighted by Gasteiger charge is 2.26. The summed E-state index contributed by atoms with van der Waals surface area (Å²) in [6.07, 6.45) is 1.26. The van der Waals surface area contributed by atoms with Gasteiger partial charge in [0.15, 0.2) is 0 Å². The van der Waals surface area contributed by atoms with Gasteiger partial charge in [0, 0.05) is 6.42 Å². The molecule has 0 atom stereocenters. The lowest BCUT2D eigenvalue weighted by atomic mass is 9.82. The van der Waals surface area contributed by atoms with Gasteiger partial charge in [0.25, 0.3) is 0 Å². The molecule has 0 unspecified atom stereocenters. The molecule has 0 aliphatic carbocycles. The van der Waals surface area contributed by atoms with E-state index in [0.717, 1.165) is 0 Å². The molecule has 62 valence electrons. The summed E-state index contributed by atoms with van der Waals surface area (Å²) in [6.45, 7) is 11.4. The van der Waals surface area contributed by atoms with Crippen LogP contribution in [0.25, 0.3) is 0 Å². The highest BCUT2D eigenvalue weighted by Crippen LogP contribution is 2.24. The van der Waals surface area contributed by atoms with Crippen molar-refractivity contribution in [3.8, 4) is 0 Å². The Morgan fingerprint density at radius 3 is 1.50 bits per heavy atom. The molecule has 10 heavy (non-hydrogen) atoms. The molecule has 0 radical (unpaired) electrons. The van der Waals surface area contributed by atoms with Crippen molar-refractivity contribution in [1.82, 2.24) is 0 Å². The molecule has 0 rings (SSSR count). The number of nitrogens with two attached hydrogens (primary N) is 1. The van der Waals surface area contributed by atoms with E-state index in [1.165, 1.54) is 6.42 Å². The van der Waals surface area contributed by atoms with E-state index in [4.69, 9.17) is 0 Å². The molecule has 0 saturated heterocycles. The second kappa shape index (κ2) is 2.91. The second-order valence-corrected chi connectivity index (χ2v) is 5.01. The van der Waals surface area contributed by atoms with E-state index in [-0.39, 0.29) is 0 Å². The lowest BCUT2D eigenvalue weighted by Crippen LogP contribution is -2.92. The van der Waals surface area contributed by atoms with Gasteiger partial charge in [0.2, 0.25) is 0 Å². The minimum absolute atomic E-state index is 0.401. The summed E-state index contributed by atoms with van der Waals surface area (Å²) in [5, 5.41) is 2.29. The molecule has 0 aromatic rings. The van der Waals surface area contributed by atoms with Gasteiger partial charge in [-0.3, -0.25) is 0 Å². The van der Waals surface area contributed by atoms with Crippen molar-refractivity contribution in [2.45, 2.75) is 46.6 Å². The van der Waals surface area contributed by atoms with Crippen LogP contribution in [0.5, 0.6) is 0 Å². The van der Waals surface area contributed by atoms with Gasteiger partial charge >= 0.3 is 0 Å². The topological polar surface area (TPSA) is 16.6 Å². The molecule has 0 heterocycles. The molecule has 1 heteroatoms. The van der Waals surface area contributed by atoms with Crippen molar-refractivity contribution in [2.24, 2.45) is 5.41 Å². The van der Waals surface area contributed by atoms with Crippen molar-refractivity contribution in [3.05, 3.63) is 0 Å². The maximum Gasteiger partial charge on any atom is 0.0907 e. The van der Waals surface area contributed by atoms with Crippen molar-refractivity contribution < 1.29 is 5.32 Å². The van der Waals surface area contributed by atoms with E-state index in [9.17, 15) is 0 Å². The molecular weight excluding hydrogens is 122 g/mol. The zero-order chi connectivity index (χ0) is 8.41. The first-order chi connectivity index (χ1) is 4.27. The lowest BCUT2D eigenvalue weighted by Gasteiger charge is -2.28. The van der Waals surface area contributed by atoms with E-state index in [1.54, 1.807) is 0 Å². The van der Waals surface area contributed by atoms with Gasteiger partial charge in [-0.25, -0.2) is 0 Å². The molecule has 0 aromatic heterocycles. The third kappa shape index (κ3) is 4.80. The van der Waals surface area contributed by atoms with Gasteiger partial charge in [-0.15, -0.1) is 0 Å². The van der Waals surface area contributed by atoms with Crippen LogP contribution in [-0.2, 0) is 0 Å². The van der Waals surface area contributed by atoms with Crippen LogP contribution in [-0.4, -0.2) is 12.6 Å². The first-order valence-corrected chi connectivity index (χ1v) is 4.07. The van der Waals surface area contributed by atoms with Gasteiger partial charge < -0.3 is 5.32 Å². The molecule has 1 nitrogen and oxygen atoms in total. The Bertz CT molecular complexity index is 97.8. The third-order valence-electron chi connectivity index (χ3n) is 1.77. The van der Waals surface area contributed by atoms with E-state index in [2.05, 4.69) is 47.0 Å². The number of quaternary nitrogens is 1. The van der Waals surface area contributed by atoms with Crippen LogP contribution in [0.1, 0.15) is 41.0 Å². The highest BCUT2D eigenvalue weighted by atomic mass is 14.9. The first kappa shape index (κ1) is 9.96. The van der Waals surface area contributed by atoms with Gasteiger partial charge in [0.05, 0.1) is 12.6 Å². The predicted molar refractivity (Wildman–Crippen MR) is 46.0 cm³/mol. The fourth-order valence-corrected chi connectivity index (χ4v) is 1.47. The molecule has 0 bridgehead atoms. The zero-order valence-electron chi connectivity index (χ0n) is 8.28. The van der Waals surface area contributed by atoms with Crippen LogP contribution >= 0.6 is 0 Å². The van der Waals surface area contributed by atoms with Crippen LogP contribution in [0.3, 0.4) is 0 Å². The highest BCUT2D eigenvalue weighted by molar-refractivity contribution is 4.73. The van der Waals surface area contributed by atoms with Gasteiger partial charge in [-0.05, 0) is 19.3 Å². The second-order valence-electron chi connectivity index (χ2n) is 5.01. The summed E-state index contributed by atoms with van der Waals surface area (Å²) < 4.78 is 0. The molecule has 0 aromatic carbocycles. The van der Waals surface area contributed by atoms with Gasteiger partial charge in [-0.1, -0.05) is 20.8 Å². The number of hydrogen-bond donors (Lipinski definition) is 1. The number of rotatable bonds is 2. The molecule has 0 aliphatic rings. The number of hydrogen-bond acceptors (Lipinski definition) is 0. The molecule has 0 spiro atoms. The summed E-state index contributed by atoms with van der Waals surface area (Å²) in [5.74, 6) is 0. The quantitative estimate of drug-likeness (QED) is 0.603. The molecular formula is C9H22N+. The van der Waals surface area contributed by atoms with Gasteiger partial charge in [-0.2, -0.15) is 0 Å². The Balaban J connectivity index is 3.89. The maximum absolute atomic E-state index is 2.29. The third-order valence-corrected chi connectivity index (χ3v) is 1.77. The summed E-state index contributed by atoms with van der Waals surface area (Å²) in [6, 6.07) is 0. The fraction of sp³-hybridized carbons (Fsp3) is 1.00. The average molecular weight is 144 g/mol. The van der Waals surface area contributed by atoms with E-state index in [0.29, 0.717) is 11.0 Å². The standard InChI is InChI=1S/C9H21N/c1-8(2,3)7-9(4,5)10-6/h10H,7H2,1-6H3/p+1. The molecule has 0 saturated carbocycles. The maximum atomic E-state index is 2.29. The Morgan fingerprint density at radius 1 is 1.00 bits per heavy atom. The van der Waals surface area contributed by atoms with Crippen LogP contribution in [0, 0.1) is 5.41 Å². The van der Waals surface area contributed by atoms with E-state index < -0.39 is 0 Å². The SMILES string of the molecule is C[NH2+]C(C)(C)CC(C)(C)C. The fourth-order valence-electron chi connectivity index (χ4n) is 1.47. The van der Waals surface area contributed by atoms with E-state index in [1.807, 2.05) is 0 Å². The Morgan fingerprint density at radius 2 is 1.40 bits per heavy atom. The largest absolute Gasteiger partial charge is 0.344 e. The molecule has 0 fully saturated rings. The minimum atomic E-state index is 0.401. The summed E-state index contributed by atoms with van der Waals surface area (Å²) in [4.78, 5) is 0. The molecule has 0 amide bonds. The smallest absolute Gasteiger partial charge is 0.0907 e. The molecule has 0 aliphatic heterocycles. The first-order valence-electron chi connectivity index (χ1n) is 4.07. The minimum Gasteiger partial charge on any atom is -0.344 e. The van der Waals surface area contributed by atoms with Gasteiger partial charge in [0.1, 0.15) is 0 Å². The van der Waals surface area contributed by atoms with Crippen molar-refractivity contribution >= 4 is 0 Å². The monoisotopic (exact) mass is 144 g/mol.